The second-order valence-corrected chi connectivity index (χ2v) is 7.03. The van der Waals surface area contributed by atoms with Gasteiger partial charge in [-0.15, -0.1) is 0 Å². The zero-order chi connectivity index (χ0) is 22.4. The van der Waals surface area contributed by atoms with Crippen LogP contribution >= 0.6 is 0 Å². The molecule has 0 unspecified atom stereocenters. The fraction of sp³-hybridized carbons (Fsp3) is 0.304. The van der Waals surface area contributed by atoms with E-state index < -0.39 is 17.7 Å². The van der Waals surface area contributed by atoms with Crippen LogP contribution in [0.2, 0.25) is 0 Å². The number of benzene rings is 2. The largest absolute Gasteiger partial charge is 0.493 e. The SMILES string of the molecule is CCCc1oc(-c2ccc(C(F)(F)F)cc2)nc1CCOc1cccc(CC(=O)O)c1. The number of carbonyl (C=O) groups is 1. The second kappa shape index (κ2) is 9.68. The molecule has 8 heteroatoms. The van der Waals surface area contributed by atoms with Gasteiger partial charge in [-0.1, -0.05) is 19.1 Å². The number of hydrogen-bond donors (Lipinski definition) is 1. The molecule has 0 aliphatic carbocycles. The van der Waals surface area contributed by atoms with Crippen LogP contribution in [-0.2, 0) is 30.2 Å². The van der Waals surface area contributed by atoms with Crippen molar-refractivity contribution < 1.29 is 32.2 Å². The highest BCUT2D eigenvalue weighted by molar-refractivity contribution is 5.70. The third-order valence-corrected chi connectivity index (χ3v) is 4.58. The number of oxazole rings is 1. The summed E-state index contributed by atoms with van der Waals surface area (Å²) in [7, 11) is 0. The van der Waals surface area contributed by atoms with Crippen molar-refractivity contribution in [3.8, 4) is 17.2 Å². The van der Waals surface area contributed by atoms with Gasteiger partial charge in [-0.25, -0.2) is 4.98 Å². The third-order valence-electron chi connectivity index (χ3n) is 4.58. The summed E-state index contributed by atoms with van der Waals surface area (Å²) in [5.41, 5.74) is 1.08. The molecule has 2 aromatic carbocycles. The summed E-state index contributed by atoms with van der Waals surface area (Å²) in [5.74, 6) is 0.596. The second-order valence-electron chi connectivity index (χ2n) is 7.03. The topological polar surface area (TPSA) is 72.6 Å². The summed E-state index contributed by atoms with van der Waals surface area (Å²) in [5, 5.41) is 8.90. The first-order valence-corrected chi connectivity index (χ1v) is 9.86. The van der Waals surface area contributed by atoms with Gasteiger partial charge < -0.3 is 14.3 Å². The van der Waals surface area contributed by atoms with E-state index in [4.69, 9.17) is 14.3 Å². The molecular weight excluding hydrogens is 411 g/mol. The molecule has 0 saturated carbocycles. The molecule has 0 spiro atoms. The fourth-order valence-corrected chi connectivity index (χ4v) is 3.11. The lowest BCUT2D eigenvalue weighted by Crippen LogP contribution is -2.05. The van der Waals surface area contributed by atoms with Crippen molar-refractivity contribution in [1.82, 2.24) is 4.98 Å². The van der Waals surface area contributed by atoms with E-state index in [1.54, 1.807) is 24.3 Å². The summed E-state index contributed by atoms with van der Waals surface area (Å²) in [6.07, 6.45) is -2.56. The third kappa shape index (κ3) is 6.10. The number of aryl methyl sites for hydroxylation is 1. The maximum absolute atomic E-state index is 12.8. The molecule has 0 radical (unpaired) electrons. The van der Waals surface area contributed by atoms with Gasteiger partial charge in [-0.2, -0.15) is 13.2 Å². The molecule has 1 heterocycles. The molecule has 164 valence electrons. The molecule has 0 atom stereocenters. The maximum Gasteiger partial charge on any atom is 0.416 e. The van der Waals surface area contributed by atoms with E-state index >= 15 is 0 Å². The van der Waals surface area contributed by atoms with Crippen LogP contribution in [0, 0.1) is 0 Å². The molecule has 3 rings (SSSR count). The highest BCUT2D eigenvalue weighted by atomic mass is 19.4. The number of carboxylic acids is 1. The van der Waals surface area contributed by atoms with E-state index in [0.717, 1.165) is 18.6 Å². The molecule has 0 aliphatic rings. The van der Waals surface area contributed by atoms with E-state index in [1.165, 1.54) is 12.1 Å². The summed E-state index contributed by atoms with van der Waals surface area (Å²) in [4.78, 5) is 15.3. The van der Waals surface area contributed by atoms with Crippen LogP contribution < -0.4 is 4.74 Å². The molecule has 5 nitrogen and oxygen atoms in total. The number of aliphatic carboxylic acids is 1. The first-order valence-electron chi connectivity index (χ1n) is 9.86. The zero-order valence-electron chi connectivity index (χ0n) is 16.9. The van der Waals surface area contributed by atoms with Crippen LogP contribution in [0.15, 0.2) is 52.9 Å². The smallest absolute Gasteiger partial charge is 0.416 e. The minimum atomic E-state index is -4.40. The Morgan fingerprint density at radius 1 is 1.13 bits per heavy atom. The Morgan fingerprint density at radius 3 is 2.52 bits per heavy atom. The highest BCUT2D eigenvalue weighted by Gasteiger charge is 2.30. The van der Waals surface area contributed by atoms with E-state index in [-0.39, 0.29) is 12.3 Å². The van der Waals surface area contributed by atoms with Gasteiger partial charge in [0.25, 0.3) is 0 Å². The quantitative estimate of drug-likeness (QED) is 0.478. The van der Waals surface area contributed by atoms with Crippen molar-refractivity contribution in [3.63, 3.8) is 0 Å². The van der Waals surface area contributed by atoms with Crippen molar-refractivity contribution in [1.29, 1.82) is 0 Å². The fourth-order valence-electron chi connectivity index (χ4n) is 3.11. The molecule has 0 bridgehead atoms. The predicted molar refractivity (Wildman–Crippen MR) is 108 cm³/mol. The first-order chi connectivity index (χ1) is 14.8. The van der Waals surface area contributed by atoms with Crippen molar-refractivity contribution in [2.45, 2.75) is 38.8 Å². The average Bonchev–Trinajstić information content (AvgIpc) is 3.10. The lowest BCUT2D eigenvalue weighted by Gasteiger charge is -2.07. The monoisotopic (exact) mass is 433 g/mol. The average molecular weight is 433 g/mol. The number of halogens is 3. The van der Waals surface area contributed by atoms with Gasteiger partial charge in [0.05, 0.1) is 24.3 Å². The van der Waals surface area contributed by atoms with Crippen LogP contribution in [-0.4, -0.2) is 22.7 Å². The summed E-state index contributed by atoms with van der Waals surface area (Å²) in [6, 6.07) is 11.6. The van der Waals surface area contributed by atoms with E-state index in [1.807, 2.05) is 6.92 Å². The normalized spacial score (nSPS) is 11.5. The zero-order valence-corrected chi connectivity index (χ0v) is 16.9. The van der Waals surface area contributed by atoms with Gasteiger partial charge in [-0.05, 0) is 48.4 Å². The predicted octanol–water partition coefficient (Wildman–Crippen LogP) is 5.56. The molecule has 0 aliphatic heterocycles. The van der Waals surface area contributed by atoms with E-state index in [0.29, 0.717) is 47.8 Å². The molecular formula is C23H22F3NO4. The van der Waals surface area contributed by atoms with E-state index in [2.05, 4.69) is 4.98 Å². The van der Waals surface area contributed by atoms with Gasteiger partial charge in [0.2, 0.25) is 5.89 Å². The Kier molecular flexibility index (Phi) is 6.99. The molecule has 1 aromatic heterocycles. The standard InChI is InChI=1S/C23H22F3NO4/c1-2-4-20-19(11-12-30-18-6-3-5-15(13-18)14-21(28)29)27-22(31-20)16-7-9-17(10-8-16)23(24,25)26/h3,5-10,13H,2,4,11-12,14H2,1H3,(H,28,29). The van der Waals surface area contributed by atoms with Crippen LogP contribution in [0.3, 0.4) is 0 Å². The van der Waals surface area contributed by atoms with Crippen molar-refractivity contribution in [2.75, 3.05) is 6.61 Å². The molecule has 31 heavy (non-hydrogen) atoms. The van der Waals surface area contributed by atoms with Crippen LogP contribution in [0.4, 0.5) is 13.2 Å². The summed E-state index contributed by atoms with van der Waals surface area (Å²) in [6.45, 7) is 2.29. The number of alkyl halides is 3. The van der Waals surface area contributed by atoms with Crippen LogP contribution in [0.25, 0.3) is 11.5 Å². The molecule has 1 N–H and O–H groups in total. The van der Waals surface area contributed by atoms with Crippen molar-refractivity contribution in [2.24, 2.45) is 0 Å². The van der Waals surface area contributed by atoms with Gasteiger partial charge in [0.15, 0.2) is 0 Å². The Labute approximate surface area is 177 Å². The van der Waals surface area contributed by atoms with E-state index in [9.17, 15) is 18.0 Å². The minimum absolute atomic E-state index is 0.0857. The minimum Gasteiger partial charge on any atom is -0.493 e. The van der Waals surface area contributed by atoms with Gasteiger partial charge in [0, 0.05) is 18.4 Å². The summed E-state index contributed by atoms with van der Waals surface area (Å²) >= 11 is 0. The molecule has 3 aromatic rings. The molecule has 0 fully saturated rings. The Hall–Kier alpha value is -3.29. The van der Waals surface area contributed by atoms with Gasteiger partial charge in [0.1, 0.15) is 11.5 Å². The number of hydrogen-bond acceptors (Lipinski definition) is 4. The lowest BCUT2D eigenvalue weighted by atomic mass is 10.1. The molecule has 0 saturated heterocycles. The lowest BCUT2D eigenvalue weighted by molar-refractivity contribution is -0.138. The maximum atomic E-state index is 12.8. The first kappa shape index (κ1) is 22.4. The number of rotatable bonds is 9. The Morgan fingerprint density at radius 2 is 1.87 bits per heavy atom. The van der Waals surface area contributed by atoms with Crippen molar-refractivity contribution >= 4 is 5.97 Å². The number of ether oxygens (including phenoxy) is 1. The van der Waals surface area contributed by atoms with Crippen molar-refractivity contribution in [3.05, 3.63) is 71.1 Å². The Balaban J connectivity index is 1.70. The number of nitrogens with zero attached hydrogens (tertiary/aromatic N) is 1. The Bertz CT molecular complexity index is 1030. The van der Waals surface area contributed by atoms with Gasteiger partial charge in [-0.3, -0.25) is 4.79 Å². The van der Waals surface area contributed by atoms with Crippen LogP contribution in [0.5, 0.6) is 5.75 Å². The highest BCUT2D eigenvalue weighted by Crippen LogP contribution is 2.31. The number of carboxylic acid groups (broad SMARTS) is 1. The van der Waals surface area contributed by atoms with Crippen LogP contribution in [0.1, 0.15) is 35.9 Å². The number of aromatic nitrogens is 1. The summed E-state index contributed by atoms with van der Waals surface area (Å²) < 4.78 is 49.9. The van der Waals surface area contributed by atoms with Gasteiger partial charge >= 0.3 is 12.1 Å². The molecule has 0 amide bonds.